The topological polar surface area (TPSA) is 40.5 Å². The zero-order chi connectivity index (χ0) is 16.2. The van der Waals surface area contributed by atoms with Gasteiger partial charge in [-0.25, -0.2) is 0 Å². The molecule has 2 heteroatoms. The van der Waals surface area contributed by atoms with Gasteiger partial charge in [-0.3, -0.25) is 0 Å². The molecule has 4 bridgehead atoms. The van der Waals surface area contributed by atoms with E-state index < -0.39 is 0 Å². The molecule has 6 aliphatic rings. The highest BCUT2D eigenvalue weighted by molar-refractivity contribution is 5.18. The molecule has 24 heavy (non-hydrogen) atoms. The molecule has 6 rings (SSSR count). The Labute approximate surface area is 146 Å². The van der Waals surface area contributed by atoms with Crippen molar-refractivity contribution in [2.24, 2.45) is 59.2 Å². The van der Waals surface area contributed by atoms with Crippen molar-refractivity contribution in [3.63, 3.8) is 0 Å². The molecule has 0 spiro atoms. The Morgan fingerprint density at radius 1 is 0.542 bits per heavy atom. The highest BCUT2D eigenvalue weighted by Gasteiger charge is 2.61. The Morgan fingerprint density at radius 2 is 0.958 bits per heavy atom. The van der Waals surface area contributed by atoms with Gasteiger partial charge >= 0.3 is 0 Å². The summed E-state index contributed by atoms with van der Waals surface area (Å²) in [6.45, 7) is 2.51. The van der Waals surface area contributed by atoms with Gasteiger partial charge in [0, 0.05) is 0 Å². The Morgan fingerprint density at radius 3 is 1.42 bits per heavy atom. The lowest BCUT2D eigenvalue weighted by Gasteiger charge is -2.41. The molecule has 0 heterocycles. The normalized spacial score (nSPS) is 63.5. The van der Waals surface area contributed by atoms with Crippen LogP contribution in [0.2, 0.25) is 0 Å². The van der Waals surface area contributed by atoms with Gasteiger partial charge in [-0.2, -0.15) is 0 Å². The number of hydrogen-bond donors (Lipinski definition) is 2. The highest BCUT2D eigenvalue weighted by Crippen LogP contribution is 2.68. The molecule has 6 saturated carbocycles. The van der Waals surface area contributed by atoms with Crippen molar-refractivity contribution in [2.45, 2.75) is 70.5 Å². The lowest BCUT2D eigenvalue weighted by molar-refractivity contribution is 0.137. The summed E-state index contributed by atoms with van der Waals surface area (Å²) < 4.78 is 0. The Hall–Kier alpha value is -0.0800. The minimum absolute atomic E-state index is 0.00702. The summed E-state index contributed by atoms with van der Waals surface area (Å²) in [5, 5.41) is 20.2. The van der Waals surface area contributed by atoms with Crippen LogP contribution in [0.3, 0.4) is 0 Å². The van der Waals surface area contributed by atoms with Crippen molar-refractivity contribution in [1.29, 1.82) is 0 Å². The maximum absolute atomic E-state index is 10.1. The molecule has 12 unspecified atom stereocenters. The smallest absolute Gasteiger partial charge is 0.0546 e. The molecule has 0 aromatic heterocycles. The quantitative estimate of drug-likeness (QED) is 0.811. The Balaban J connectivity index is 1.20. The van der Waals surface area contributed by atoms with E-state index in [0.717, 1.165) is 84.9 Å². The van der Waals surface area contributed by atoms with Crippen LogP contribution >= 0.6 is 0 Å². The Kier molecular flexibility index (Phi) is 3.13. The van der Waals surface area contributed by atoms with Crippen LogP contribution in [0.25, 0.3) is 0 Å². The summed E-state index contributed by atoms with van der Waals surface area (Å²) in [5.74, 6) is 10.7. The van der Waals surface area contributed by atoms with Crippen molar-refractivity contribution < 1.29 is 10.2 Å². The summed E-state index contributed by atoms with van der Waals surface area (Å²) in [6, 6.07) is 0. The van der Waals surface area contributed by atoms with E-state index in [1.165, 1.54) is 25.7 Å². The molecular weight excluding hydrogens is 296 g/mol. The fraction of sp³-hybridized carbons (Fsp3) is 0.955. The second-order valence-corrected chi connectivity index (χ2v) is 10.7. The minimum atomic E-state index is 0.00702. The van der Waals surface area contributed by atoms with E-state index in [4.69, 9.17) is 0 Å². The molecule has 0 saturated heterocycles. The van der Waals surface area contributed by atoms with Gasteiger partial charge in [0.25, 0.3) is 0 Å². The van der Waals surface area contributed by atoms with Gasteiger partial charge in [0.2, 0.25) is 0 Å². The summed E-state index contributed by atoms with van der Waals surface area (Å²) in [5.41, 5.74) is 0. The molecule has 0 aliphatic heterocycles. The number of fused-ring (bicyclic) bond motifs is 10. The van der Waals surface area contributed by atoms with E-state index in [1.807, 2.05) is 5.92 Å². The summed E-state index contributed by atoms with van der Waals surface area (Å²) in [4.78, 5) is 0. The largest absolute Gasteiger partial charge is 0.393 e. The third-order valence-electron chi connectivity index (χ3n) is 10.1. The van der Waals surface area contributed by atoms with Crippen molar-refractivity contribution in [2.75, 3.05) is 0 Å². The first-order chi connectivity index (χ1) is 11.6. The highest BCUT2D eigenvalue weighted by atomic mass is 16.3. The van der Waals surface area contributed by atoms with E-state index in [9.17, 15) is 10.2 Å². The van der Waals surface area contributed by atoms with Crippen LogP contribution in [0.5, 0.6) is 0 Å². The van der Waals surface area contributed by atoms with Gasteiger partial charge in [-0.1, -0.05) is 6.92 Å². The van der Waals surface area contributed by atoms with Crippen molar-refractivity contribution in [3.8, 4) is 0 Å². The Bertz CT molecular complexity index is 486. The molecule has 2 N–H and O–H groups in total. The predicted octanol–water partition coefficient (Wildman–Crippen LogP) is 3.67. The molecule has 133 valence electrons. The molecule has 1 radical (unpaired) electrons. The number of rotatable bonds is 2. The van der Waals surface area contributed by atoms with E-state index in [-0.39, 0.29) is 12.2 Å². The fourth-order valence-corrected chi connectivity index (χ4v) is 9.41. The summed E-state index contributed by atoms with van der Waals surface area (Å²) in [7, 11) is 0. The van der Waals surface area contributed by atoms with E-state index in [2.05, 4.69) is 6.92 Å². The standard InChI is InChI=1S/C22H33O2/c1-10(15-2-11-4-19(15)21-8-13(23)6-17(11)21)16-3-12-5-20(16)22-9-14(24)7-18(12)22/h11-24H,2-9H2,1H3. The first-order valence-corrected chi connectivity index (χ1v) is 10.8. The average Bonchev–Trinajstić information content (AvgIpc) is 3.31. The molecular formula is C22H33O2. The van der Waals surface area contributed by atoms with Gasteiger partial charge in [-0.05, 0) is 116 Å². The number of hydrogen-bond acceptors (Lipinski definition) is 2. The lowest BCUT2D eigenvalue weighted by atomic mass is 9.63. The van der Waals surface area contributed by atoms with Crippen molar-refractivity contribution in [1.82, 2.24) is 0 Å². The molecule has 12 atom stereocenters. The van der Waals surface area contributed by atoms with Crippen LogP contribution in [-0.2, 0) is 0 Å². The van der Waals surface area contributed by atoms with Gasteiger partial charge < -0.3 is 10.2 Å². The number of aliphatic hydroxyl groups excluding tert-OH is 2. The van der Waals surface area contributed by atoms with Crippen LogP contribution in [0.1, 0.15) is 58.3 Å². The van der Waals surface area contributed by atoms with E-state index >= 15 is 0 Å². The molecule has 6 aliphatic carbocycles. The fourth-order valence-electron chi connectivity index (χ4n) is 9.41. The third-order valence-corrected chi connectivity index (χ3v) is 10.1. The maximum Gasteiger partial charge on any atom is 0.0546 e. The monoisotopic (exact) mass is 329 g/mol. The van der Waals surface area contributed by atoms with E-state index in [0.29, 0.717) is 0 Å². The van der Waals surface area contributed by atoms with Gasteiger partial charge in [0.15, 0.2) is 0 Å². The molecule has 2 nitrogen and oxygen atoms in total. The van der Waals surface area contributed by atoms with Gasteiger partial charge in [-0.15, -0.1) is 0 Å². The zero-order valence-electron chi connectivity index (χ0n) is 15.0. The van der Waals surface area contributed by atoms with E-state index in [1.54, 1.807) is 0 Å². The van der Waals surface area contributed by atoms with Gasteiger partial charge in [0.05, 0.1) is 12.2 Å². The third kappa shape index (κ3) is 1.85. The summed E-state index contributed by atoms with van der Waals surface area (Å²) >= 11 is 0. The second-order valence-electron chi connectivity index (χ2n) is 10.7. The van der Waals surface area contributed by atoms with Crippen molar-refractivity contribution >= 4 is 0 Å². The van der Waals surface area contributed by atoms with Crippen LogP contribution in [-0.4, -0.2) is 22.4 Å². The molecule has 0 aromatic carbocycles. The van der Waals surface area contributed by atoms with Gasteiger partial charge in [0.1, 0.15) is 0 Å². The first-order valence-electron chi connectivity index (χ1n) is 10.8. The lowest BCUT2D eigenvalue weighted by Crippen LogP contribution is -2.35. The average molecular weight is 330 g/mol. The SMILES string of the molecule is C[C](C1CC2CC1C1CC(O)CC21)C1CC2CC1C1CC(O)CC21. The molecule has 0 aromatic rings. The van der Waals surface area contributed by atoms with Crippen LogP contribution in [0, 0.1) is 65.1 Å². The molecule has 6 fully saturated rings. The van der Waals surface area contributed by atoms with Crippen molar-refractivity contribution in [3.05, 3.63) is 5.92 Å². The van der Waals surface area contributed by atoms with Crippen LogP contribution < -0.4 is 0 Å². The number of aliphatic hydroxyl groups is 2. The predicted molar refractivity (Wildman–Crippen MR) is 92.8 cm³/mol. The van der Waals surface area contributed by atoms with Crippen LogP contribution in [0.4, 0.5) is 0 Å². The first kappa shape index (κ1) is 15.0. The van der Waals surface area contributed by atoms with Crippen LogP contribution in [0.15, 0.2) is 0 Å². The summed E-state index contributed by atoms with van der Waals surface area (Å²) in [6.07, 6.45) is 10.2. The molecule has 0 amide bonds. The maximum atomic E-state index is 10.1. The second kappa shape index (κ2) is 5.00. The minimum Gasteiger partial charge on any atom is -0.393 e. The zero-order valence-corrected chi connectivity index (χ0v) is 15.0.